The lowest BCUT2D eigenvalue weighted by molar-refractivity contribution is 0.862. The summed E-state index contributed by atoms with van der Waals surface area (Å²) >= 11 is 8.90. The number of benzene rings is 1. The highest BCUT2D eigenvalue weighted by Gasteiger charge is 2.21. The number of hydrogen-bond acceptors (Lipinski definition) is 6. The highest BCUT2D eigenvalue weighted by Crippen LogP contribution is 2.31. The number of aromatic nitrogens is 3. The fraction of sp³-hybridized carbons (Fsp3) is 0.143. The predicted octanol–water partition coefficient (Wildman–Crippen LogP) is 4.12. The van der Waals surface area contributed by atoms with Gasteiger partial charge in [0, 0.05) is 0 Å². The number of thioether (sulfide) groups is 1. The summed E-state index contributed by atoms with van der Waals surface area (Å²) in [5.41, 5.74) is 1.48. The van der Waals surface area contributed by atoms with Gasteiger partial charge in [-0.15, -0.1) is 11.3 Å². The number of fused-ring (bicyclic) bond motifs is 1. The van der Waals surface area contributed by atoms with Crippen molar-refractivity contribution < 1.29 is 0 Å². The van der Waals surface area contributed by atoms with E-state index in [0.717, 1.165) is 15.2 Å². The van der Waals surface area contributed by atoms with E-state index < -0.39 is 5.92 Å². The van der Waals surface area contributed by atoms with Gasteiger partial charge >= 0.3 is 0 Å². The monoisotopic (exact) mass is 332 g/mol. The molecular formula is C14H9ClN4S2. The van der Waals surface area contributed by atoms with Crippen molar-refractivity contribution in [2.24, 2.45) is 0 Å². The second-order valence-electron chi connectivity index (χ2n) is 4.18. The number of nitrogens with zero attached hydrogens (tertiary/aromatic N) is 4. The highest BCUT2D eigenvalue weighted by molar-refractivity contribution is 7.98. The quantitative estimate of drug-likeness (QED) is 0.410. The Bertz CT molecular complexity index is 807. The summed E-state index contributed by atoms with van der Waals surface area (Å²) in [6.07, 6.45) is 1.87. The molecule has 0 fully saturated rings. The molecule has 3 rings (SSSR count). The molecule has 0 amide bonds. The number of para-hydroxylation sites is 1. The first-order chi connectivity index (χ1) is 10.2. The first-order valence-corrected chi connectivity index (χ1v) is 8.46. The zero-order valence-electron chi connectivity index (χ0n) is 10.9. The largest absolute Gasteiger partial charge is 0.239 e. The molecule has 0 saturated carbocycles. The van der Waals surface area contributed by atoms with Crippen LogP contribution in [0.4, 0.5) is 0 Å². The number of nitriles is 1. The Hall–Kier alpha value is -1.68. The smallest absolute Gasteiger partial charge is 0.188 e. The molecule has 7 heteroatoms. The van der Waals surface area contributed by atoms with Crippen molar-refractivity contribution in [3.63, 3.8) is 0 Å². The fourth-order valence-corrected chi connectivity index (χ4v) is 3.57. The van der Waals surface area contributed by atoms with Crippen LogP contribution in [-0.2, 0) is 0 Å². The van der Waals surface area contributed by atoms with Gasteiger partial charge in [-0.3, -0.25) is 0 Å². The summed E-state index contributed by atoms with van der Waals surface area (Å²) in [7, 11) is 0. The van der Waals surface area contributed by atoms with E-state index in [1.54, 1.807) is 6.07 Å². The van der Waals surface area contributed by atoms with Crippen molar-refractivity contribution in [3.05, 3.63) is 46.2 Å². The Labute approximate surface area is 134 Å². The van der Waals surface area contributed by atoms with Gasteiger partial charge in [0.1, 0.15) is 16.1 Å². The maximum atomic E-state index is 9.52. The third-order valence-corrected chi connectivity index (χ3v) is 4.70. The Balaban J connectivity index is 2.09. The summed E-state index contributed by atoms with van der Waals surface area (Å²) in [5.74, 6) is -0.534. The van der Waals surface area contributed by atoms with E-state index in [2.05, 4.69) is 21.0 Å². The van der Waals surface area contributed by atoms with Crippen LogP contribution in [0, 0.1) is 11.3 Å². The molecule has 1 aromatic carbocycles. The van der Waals surface area contributed by atoms with Crippen LogP contribution < -0.4 is 0 Å². The van der Waals surface area contributed by atoms with E-state index in [4.69, 9.17) is 11.6 Å². The van der Waals surface area contributed by atoms with Crippen molar-refractivity contribution in [2.45, 2.75) is 11.1 Å². The topological polar surface area (TPSA) is 62.5 Å². The van der Waals surface area contributed by atoms with E-state index in [1.807, 2.05) is 30.5 Å². The lowest BCUT2D eigenvalue weighted by Crippen LogP contribution is -2.03. The van der Waals surface area contributed by atoms with E-state index in [-0.39, 0.29) is 0 Å². The Morgan fingerprint density at radius 3 is 2.81 bits per heavy atom. The van der Waals surface area contributed by atoms with Gasteiger partial charge in [0.2, 0.25) is 0 Å². The zero-order valence-corrected chi connectivity index (χ0v) is 13.3. The maximum absolute atomic E-state index is 9.52. The van der Waals surface area contributed by atoms with Crippen molar-refractivity contribution in [1.29, 1.82) is 5.26 Å². The minimum Gasteiger partial charge on any atom is -0.239 e. The minimum absolute atomic E-state index is 0.339. The summed E-state index contributed by atoms with van der Waals surface area (Å²) in [5, 5.41) is 11.1. The summed E-state index contributed by atoms with van der Waals surface area (Å²) in [6.45, 7) is 0. The Morgan fingerprint density at radius 1 is 1.29 bits per heavy atom. The van der Waals surface area contributed by atoms with E-state index in [9.17, 15) is 5.26 Å². The molecular weight excluding hydrogens is 324 g/mol. The molecule has 3 aromatic rings. The van der Waals surface area contributed by atoms with Gasteiger partial charge in [-0.2, -0.15) is 5.26 Å². The van der Waals surface area contributed by atoms with E-state index >= 15 is 0 Å². The molecule has 104 valence electrons. The third-order valence-electron chi connectivity index (χ3n) is 2.86. The lowest BCUT2D eigenvalue weighted by Gasteiger charge is -2.06. The second kappa shape index (κ2) is 5.98. The Kier molecular flexibility index (Phi) is 4.06. The van der Waals surface area contributed by atoms with Crippen LogP contribution in [0.5, 0.6) is 0 Å². The molecule has 4 nitrogen and oxygen atoms in total. The molecule has 0 radical (unpaired) electrons. The molecule has 0 aliphatic carbocycles. The Morgan fingerprint density at radius 2 is 2.10 bits per heavy atom. The standard InChI is InChI=1S/C14H9ClN4S2/c1-20-14-18-10(6-12(15)19-14)8(7-16)13-17-9-4-2-3-5-11(9)21-13/h2-6,8H,1H3/t8-/m0/s1. The van der Waals surface area contributed by atoms with E-state index in [0.29, 0.717) is 16.0 Å². The van der Waals surface area contributed by atoms with Crippen LogP contribution >= 0.6 is 34.7 Å². The number of rotatable bonds is 3. The number of halogens is 1. The molecule has 1 atom stereocenters. The van der Waals surface area contributed by atoms with Gasteiger partial charge in [-0.05, 0) is 24.5 Å². The molecule has 0 bridgehead atoms. The maximum Gasteiger partial charge on any atom is 0.188 e. The summed E-state index contributed by atoms with van der Waals surface area (Å²) in [6, 6.07) is 11.7. The number of thiazole rings is 1. The molecule has 0 saturated heterocycles. The molecule has 2 heterocycles. The van der Waals surface area contributed by atoms with Crippen LogP contribution in [-0.4, -0.2) is 21.2 Å². The first kappa shape index (κ1) is 14.3. The molecule has 21 heavy (non-hydrogen) atoms. The summed E-state index contributed by atoms with van der Waals surface area (Å²) < 4.78 is 1.05. The fourth-order valence-electron chi connectivity index (χ4n) is 1.91. The van der Waals surface area contributed by atoms with Crippen molar-refractivity contribution >= 4 is 44.9 Å². The molecule has 0 unspecified atom stereocenters. The first-order valence-electron chi connectivity index (χ1n) is 6.05. The highest BCUT2D eigenvalue weighted by atomic mass is 35.5. The minimum atomic E-state index is -0.534. The van der Waals surface area contributed by atoms with Gasteiger partial charge in [-0.25, -0.2) is 15.0 Å². The molecule has 0 N–H and O–H groups in total. The van der Waals surface area contributed by atoms with Crippen LogP contribution in [0.25, 0.3) is 10.2 Å². The van der Waals surface area contributed by atoms with Gasteiger partial charge < -0.3 is 0 Å². The van der Waals surface area contributed by atoms with Crippen LogP contribution in [0.1, 0.15) is 16.6 Å². The van der Waals surface area contributed by atoms with Gasteiger partial charge in [-0.1, -0.05) is 35.5 Å². The zero-order chi connectivity index (χ0) is 14.8. The van der Waals surface area contributed by atoms with Crippen LogP contribution in [0.2, 0.25) is 5.15 Å². The summed E-state index contributed by atoms with van der Waals surface area (Å²) in [4.78, 5) is 13.0. The van der Waals surface area contributed by atoms with Gasteiger partial charge in [0.05, 0.1) is 22.0 Å². The SMILES string of the molecule is CSc1nc(Cl)cc([C@H](C#N)c2nc3ccccc3s2)n1. The van der Waals surface area contributed by atoms with Crippen molar-refractivity contribution in [2.75, 3.05) is 6.26 Å². The average Bonchev–Trinajstić information content (AvgIpc) is 2.90. The van der Waals surface area contributed by atoms with Crippen LogP contribution in [0.15, 0.2) is 35.5 Å². The molecule has 0 aliphatic heterocycles. The van der Waals surface area contributed by atoms with Crippen molar-refractivity contribution in [3.8, 4) is 6.07 Å². The van der Waals surface area contributed by atoms with Crippen molar-refractivity contribution in [1.82, 2.24) is 15.0 Å². The predicted molar refractivity (Wildman–Crippen MR) is 85.9 cm³/mol. The second-order valence-corrected chi connectivity index (χ2v) is 6.41. The van der Waals surface area contributed by atoms with Gasteiger partial charge in [0.25, 0.3) is 0 Å². The molecule has 2 aromatic heterocycles. The lowest BCUT2D eigenvalue weighted by atomic mass is 10.1. The van der Waals surface area contributed by atoms with Gasteiger partial charge in [0.15, 0.2) is 5.16 Å². The molecule has 0 aliphatic rings. The van der Waals surface area contributed by atoms with Crippen LogP contribution in [0.3, 0.4) is 0 Å². The third kappa shape index (κ3) is 2.86. The normalized spacial score (nSPS) is 12.2. The average molecular weight is 333 g/mol. The van der Waals surface area contributed by atoms with E-state index in [1.165, 1.54) is 23.1 Å². The molecule has 0 spiro atoms. The number of hydrogen-bond donors (Lipinski definition) is 0.